The van der Waals surface area contributed by atoms with Crippen LogP contribution in [0.3, 0.4) is 0 Å². The summed E-state index contributed by atoms with van der Waals surface area (Å²) in [6.07, 6.45) is 0. The third-order valence-electron chi connectivity index (χ3n) is 0. The maximum absolute atomic E-state index is 8.56. The van der Waals surface area contributed by atoms with Crippen molar-refractivity contribution < 1.29 is 192 Å². The van der Waals surface area contributed by atoms with E-state index in [2.05, 4.69) is 0 Å². The SMILES string of the molecule is [O]=[V](=[O])[O-].[O]=[V](=[O])[O-].[O]=[V](=[O])[O-].[O]=[V](=[O])[O-].[O]=[V](=[O])[O-].[O]=[V](=[O])[O-].[U]. The monoisotopic (exact) mass is 832 g/mol. The molecule has 18 nitrogen and oxygen atoms in total. The van der Waals surface area contributed by atoms with Gasteiger partial charge in [-0.3, -0.25) is 0 Å². The van der Waals surface area contributed by atoms with Gasteiger partial charge in [-0.2, -0.15) is 0 Å². The van der Waals surface area contributed by atoms with Crippen LogP contribution in [0.15, 0.2) is 0 Å². The molecule has 25 heteroatoms. The zero-order chi connectivity index (χ0) is 21.5. The first-order valence-electron chi connectivity index (χ1n) is 3.29. The molecule has 0 aromatic heterocycles. The van der Waals surface area contributed by atoms with Gasteiger partial charge in [0.2, 0.25) is 0 Å². The second-order valence-corrected chi connectivity index (χ2v) is 5.53. The maximum atomic E-state index is 8.56. The van der Waals surface area contributed by atoms with Crippen LogP contribution in [-0.2, 0) is 136 Å². The van der Waals surface area contributed by atoms with E-state index in [1.54, 1.807) is 0 Å². The molecule has 0 aromatic rings. The Morgan fingerprint density at radius 1 is 0.280 bits per heavy atom. The zero-order valence-electron chi connectivity index (χ0n) is 10.5. The van der Waals surface area contributed by atoms with Crippen molar-refractivity contribution in [3.05, 3.63) is 0 Å². The van der Waals surface area contributed by atoms with E-state index in [0.29, 0.717) is 0 Å². The second-order valence-electron chi connectivity index (χ2n) is 1.34. The average molecular weight is 832 g/mol. The summed E-state index contributed by atoms with van der Waals surface area (Å²) < 4.78 is 154. The third-order valence-corrected chi connectivity index (χ3v) is 0. The quantitative estimate of drug-likeness (QED) is 0.219. The zero-order valence-corrected chi connectivity index (χ0v) is 23.1. The fraction of sp³-hybridized carbons (Fsp3) is 0. The van der Waals surface area contributed by atoms with Crippen LogP contribution in [0.25, 0.3) is 0 Å². The van der Waals surface area contributed by atoms with Crippen LogP contribution in [0.1, 0.15) is 0 Å². The minimum absolute atomic E-state index is 0. The van der Waals surface area contributed by atoms with Crippen molar-refractivity contribution in [3.8, 4) is 0 Å². The normalized spacial score (nSPS) is 6.00. The van der Waals surface area contributed by atoms with E-state index in [9.17, 15) is 0 Å². The van der Waals surface area contributed by atoms with E-state index in [-0.39, 0.29) is 31.1 Å². The Bertz CT molecular complexity index is 471. The van der Waals surface area contributed by atoms with Gasteiger partial charge in [0.05, 0.1) is 0 Å². The molecule has 0 radical (unpaired) electrons. The van der Waals surface area contributed by atoms with Crippen LogP contribution in [-0.4, -0.2) is 0 Å². The van der Waals surface area contributed by atoms with Crippen molar-refractivity contribution in [1.82, 2.24) is 0 Å². The minimum Gasteiger partial charge on any atom is 0 e. The Balaban J connectivity index is -0.0000000309. The van der Waals surface area contributed by atoms with E-state index in [4.69, 9.17) is 68.3 Å². The molecule has 0 N–H and O–H groups in total. The van der Waals surface area contributed by atoms with Gasteiger partial charge in [-0.25, -0.2) is 0 Å². The van der Waals surface area contributed by atoms with Gasteiger partial charge in [-0.1, -0.05) is 0 Å². The molecule has 0 rings (SSSR count). The molecule has 0 spiro atoms. The summed E-state index contributed by atoms with van der Waals surface area (Å²) in [6.45, 7) is 0. The summed E-state index contributed by atoms with van der Waals surface area (Å²) in [7, 11) is 0. The van der Waals surface area contributed by atoms with E-state index in [1.165, 1.54) is 0 Å². The van der Waals surface area contributed by atoms with Gasteiger partial charge in [-0.15, -0.1) is 0 Å². The molecule has 0 fully saturated rings. The Kier molecular flexibility index (Phi) is 74.0. The molecule has 0 saturated heterocycles. The number of hydrogen-bond donors (Lipinski definition) is 0. The molecule has 148 valence electrons. The van der Waals surface area contributed by atoms with Gasteiger partial charge < -0.3 is 0 Å². The van der Waals surface area contributed by atoms with Gasteiger partial charge in [0.25, 0.3) is 0 Å². The third kappa shape index (κ3) is 4030. The van der Waals surface area contributed by atoms with Gasteiger partial charge >= 0.3 is 161 Å². The van der Waals surface area contributed by atoms with E-state index in [0.717, 1.165) is 0 Å². The molecule has 0 saturated carbocycles. The summed E-state index contributed by atoms with van der Waals surface area (Å²) in [5, 5.41) is 0. The van der Waals surface area contributed by atoms with Crippen LogP contribution in [0.2, 0.25) is 0 Å². The Labute approximate surface area is 189 Å². The Morgan fingerprint density at radius 3 is 0.280 bits per heavy atom. The maximum Gasteiger partial charge on any atom is 0 e. The van der Waals surface area contributed by atoms with Crippen molar-refractivity contribution in [1.29, 1.82) is 0 Å². The standard InChI is InChI=1S/18O.U.6V/q;;;;;;;;;;;;6*-1;;;;;;;. The predicted octanol–water partition coefficient (Wildman–Crippen LogP) is -8.57. The van der Waals surface area contributed by atoms with Gasteiger partial charge in [-0.05, 0) is 0 Å². The molecule has 25 heavy (non-hydrogen) atoms. The molecule has 0 aromatic carbocycles. The van der Waals surface area contributed by atoms with Crippen molar-refractivity contribution in [2.75, 3.05) is 0 Å². The molecule has 0 aliphatic rings. The Morgan fingerprint density at radius 2 is 0.280 bits per heavy atom. The largest absolute Gasteiger partial charge is 0 e. The summed E-state index contributed by atoms with van der Waals surface area (Å²) >= 11 is -23.6. The molecule has 0 amide bonds. The molecule has 0 heterocycles. The van der Waals surface area contributed by atoms with Crippen LogP contribution < -0.4 is 24.2 Å². The fourth-order valence-electron chi connectivity index (χ4n) is 0. The van der Waals surface area contributed by atoms with Crippen molar-refractivity contribution in [2.45, 2.75) is 0 Å². The first-order valence-corrected chi connectivity index (χ1v) is 13.5. The van der Waals surface area contributed by atoms with E-state index >= 15 is 0 Å². The number of rotatable bonds is 0. The molecule has 0 atom stereocenters. The van der Waals surface area contributed by atoms with Gasteiger partial charge in [0, 0.05) is 31.1 Å². The van der Waals surface area contributed by atoms with Gasteiger partial charge in [0.15, 0.2) is 0 Å². The Hall–Kier alpha value is 1.92. The summed E-state index contributed by atoms with van der Waals surface area (Å²) in [4.78, 5) is 0. The van der Waals surface area contributed by atoms with E-state index in [1.807, 2.05) is 0 Å². The summed E-state index contributed by atoms with van der Waals surface area (Å²) in [6, 6.07) is 0. The smallest absolute Gasteiger partial charge is 0 e. The average Bonchev–Trinajstić information content (AvgIpc) is 2.08. The van der Waals surface area contributed by atoms with Crippen molar-refractivity contribution in [3.63, 3.8) is 0 Å². The first-order chi connectivity index (χ1) is 10.4. The summed E-state index contributed by atoms with van der Waals surface area (Å²) in [5.41, 5.74) is 0. The van der Waals surface area contributed by atoms with Crippen LogP contribution in [0, 0.1) is 31.1 Å². The van der Waals surface area contributed by atoms with E-state index < -0.39 is 92.4 Å². The number of hydrogen-bond acceptors (Lipinski definition) is 18. The minimum atomic E-state index is -3.94. The van der Waals surface area contributed by atoms with Crippen molar-refractivity contribution >= 4 is 0 Å². The molecular formula is O18UV6-6. The molecule has 0 unspecified atom stereocenters. The predicted molar refractivity (Wildman–Crippen MR) is 8.24 cm³/mol. The van der Waals surface area contributed by atoms with Crippen LogP contribution >= 0.6 is 0 Å². The van der Waals surface area contributed by atoms with Crippen LogP contribution in [0.5, 0.6) is 0 Å². The van der Waals surface area contributed by atoms with Crippen molar-refractivity contribution in [2.24, 2.45) is 0 Å². The van der Waals surface area contributed by atoms with Gasteiger partial charge in [0.1, 0.15) is 0 Å². The molecular weight excluding hydrogens is 832 g/mol. The molecule has 0 aliphatic heterocycles. The molecule has 0 bridgehead atoms. The van der Waals surface area contributed by atoms with Crippen LogP contribution in [0.4, 0.5) is 0 Å². The topological polar surface area (TPSA) is 343 Å². The fourth-order valence-corrected chi connectivity index (χ4v) is 0. The second kappa shape index (κ2) is 40.6. The summed E-state index contributed by atoms with van der Waals surface area (Å²) in [5.74, 6) is 0. The molecule has 0 aliphatic carbocycles. The first kappa shape index (κ1) is 45.6.